The maximum Gasteiger partial charge on any atom is 0.136 e. The fraction of sp³-hybridized carbons (Fsp3) is 0.333. The Kier molecular flexibility index (Phi) is 2.10. The second kappa shape index (κ2) is 2.68. The molecule has 1 aliphatic carbocycles. The molecule has 0 aromatic carbocycles. The van der Waals surface area contributed by atoms with Gasteiger partial charge in [-0.25, -0.2) is 4.39 Å². The molecule has 1 nitrogen and oxygen atoms in total. The average molecular weight is 239 g/mol. The molecule has 3 heteroatoms. The standard InChI is InChI=1S/C6H7FIN/c7-5-3-4(9)1-2-6(5)8/h1-2,5H,3,9H2. The Labute approximate surface area is 66.9 Å². The van der Waals surface area contributed by atoms with Crippen molar-refractivity contribution in [3.8, 4) is 0 Å². The lowest BCUT2D eigenvalue weighted by atomic mass is 10.1. The van der Waals surface area contributed by atoms with E-state index in [0.717, 1.165) is 3.58 Å². The number of nitrogens with two attached hydrogens (primary N) is 1. The van der Waals surface area contributed by atoms with Gasteiger partial charge in [-0.1, -0.05) is 0 Å². The number of rotatable bonds is 0. The van der Waals surface area contributed by atoms with Crippen molar-refractivity contribution in [2.75, 3.05) is 0 Å². The first-order valence-electron chi connectivity index (χ1n) is 2.66. The topological polar surface area (TPSA) is 26.0 Å². The minimum atomic E-state index is -0.865. The van der Waals surface area contributed by atoms with Crippen molar-refractivity contribution in [2.24, 2.45) is 5.73 Å². The fourth-order valence-corrected chi connectivity index (χ4v) is 1.06. The van der Waals surface area contributed by atoms with E-state index < -0.39 is 6.17 Å². The summed E-state index contributed by atoms with van der Waals surface area (Å²) in [6, 6.07) is 0. The molecule has 0 spiro atoms. The summed E-state index contributed by atoms with van der Waals surface area (Å²) in [6.45, 7) is 0. The van der Waals surface area contributed by atoms with E-state index in [4.69, 9.17) is 5.73 Å². The lowest BCUT2D eigenvalue weighted by Crippen LogP contribution is -2.10. The minimum absolute atomic E-state index is 0.356. The Morgan fingerprint density at radius 2 is 2.33 bits per heavy atom. The zero-order valence-electron chi connectivity index (χ0n) is 4.77. The molecule has 0 saturated carbocycles. The van der Waals surface area contributed by atoms with Crippen molar-refractivity contribution in [1.82, 2.24) is 0 Å². The van der Waals surface area contributed by atoms with Gasteiger partial charge in [0.2, 0.25) is 0 Å². The molecule has 0 heterocycles. The van der Waals surface area contributed by atoms with Crippen molar-refractivity contribution in [1.29, 1.82) is 0 Å². The maximum atomic E-state index is 12.6. The van der Waals surface area contributed by atoms with Gasteiger partial charge in [0.1, 0.15) is 6.17 Å². The summed E-state index contributed by atoms with van der Waals surface area (Å²) in [5.74, 6) is 0. The number of allylic oxidation sites excluding steroid dienone is 4. The third-order valence-electron chi connectivity index (χ3n) is 1.17. The highest BCUT2D eigenvalue weighted by molar-refractivity contribution is 14.1. The zero-order valence-corrected chi connectivity index (χ0v) is 6.93. The van der Waals surface area contributed by atoms with Gasteiger partial charge in [0.15, 0.2) is 0 Å². The molecule has 2 N–H and O–H groups in total. The van der Waals surface area contributed by atoms with Crippen LogP contribution < -0.4 is 5.73 Å². The first-order valence-corrected chi connectivity index (χ1v) is 3.74. The van der Waals surface area contributed by atoms with Crippen LogP contribution in [0.25, 0.3) is 0 Å². The molecule has 0 amide bonds. The molecule has 0 aliphatic heterocycles. The number of hydrogen-bond donors (Lipinski definition) is 1. The molecule has 0 saturated heterocycles. The van der Waals surface area contributed by atoms with Crippen LogP contribution in [0, 0.1) is 0 Å². The molecule has 0 bridgehead atoms. The smallest absolute Gasteiger partial charge is 0.136 e. The zero-order chi connectivity index (χ0) is 6.85. The fourth-order valence-electron chi connectivity index (χ4n) is 0.664. The lowest BCUT2D eigenvalue weighted by molar-refractivity contribution is 0.391. The molecule has 1 aliphatic rings. The molecule has 1 atom stereocenters. The lowest BCUT2D eigenvalue weighted by Gasteiger charge is -2.10. The van der Waals surface area contributed by atoms with Crippen LogP contribution in [0.5, 0.6) is 0 Å². The Morgan fingerprint density at radius 3 is 2.78 bits per heavy atom. The summed E-state index contributed by atoms with van der Waals surface area (Å²) < 4.78 is 13.4. The van der Waals surface area contributed by atoms with Crippen LogP contribution in [0.1, 0.15) is 6.42 Å². The van der Waals surface area contributed by atoms with Crippen molar-refractivity contribution < 1.29 is 4.39 Å². The molecule has 1 unspecified atom stereocenters. The predicted molar refractivity (Wildman–Crippen MR) is 43.9 cm³/mol. The van der Waals surface area contributed by atoms with Crippen molar-refractivity contribution in [3.05, 3.63) is 21.4 Å². The maximum absolute atomic E-state index is 12.6. The highest BCUT2D eigenvalue weighted by Gasteiger charge is 2.13. The Bertz CT molecular complexity index is 174. The van der Waals surface area contributed by atoms with Crippen molar-refractivity contribution in [3.63, 3.8) is 0 Å². The van der Waals surface area contributed by atoms with E-state index in [2.05, 4.69) is 0 Å². The van der Waals surface area contributed by atoms with Gasteiger partial charge in [0.05, 0.1) is 0 Å². The first-order chi connectivity index (χ1) is 4.20. The third kappa shape index (κ3) is 1.67. The summed E-state index contributed by atoms with van der Waals surface area (Å²) >= 11 is 1.98. The van der Waals surface area contributed by atoms with Crippen LogP contribution in [0.3, 0.4) is 0 Å². The second-order valence-electron chi connectivity index (χ2n) is 1.96. The molecule has 9 heavy (non-hydrogen) atoms. The van der Waals surface area contributed by atoms with Gasteiger partial charge < -0.3 is 5.73 Å². The Balaban J connectivity index is 2.74. The molecule has 0 aromatic heterocycles. The molecule has 50 valence electrons. The predicted octanol–water partition coefficient (Wildman–Crippen LogP) is 1.89. The molecule has 1 rings (SSSR count). The second-order valence-corrected chi connectivity index (χ2v) is 3.21. The molecule has 0 aromatic rings. The van der Waals surface area contributed by atoms with E-state index in [1.807, 2.05) is 22.6 Å². The van der Waals surface area contributed by atoms with E-state index >= 15 is 0 Å². The van der Waals surface area contributed by atoms with Gasteiger partial charge in [0, 0.05) is 15.7 Å². The van der Waals surface area contributed by atoms with E-state index in [1.165, 1.54) is 0 Å². The van der Waals surface area contributed by atoms with Crippen molar-refractivity contribution in [2.45, 2.75) is 12.6 Å². The summed E-state index contributed by atoms with van der Waals surface area (Å²) in [5, 5.41) is 0. The number of alkyl halides is 1. The van der Waals surface area contributed by atoms with Gasteiger partial charge >= 0.3 is 0 Å². The van der Waals surface area contributed by atoms with E-state index in [-0.39, 0.29) is 0 Å². The SMILES string of the molecule is NC1=CC=C(I)C(F)C1. The highest BCUT2D eigenvalue weighted by Crippen LogP contribution is 2.23. The van der Waals surface area contributed by atoms with E-state index in [0.29, 0.717) is 12.1 Å². The average Bonchev–Trinajstić information content (AvgIpc) is 1.80. The van der Waals surface area contributed by atoms with Gasteiger partial charge in [-0.05, 0) is 34.7 Å². The van der Waals surface area contributed by atoms with Crippen LogP contribution in [-0.2, 0) is 0 Å². The summed E-state index contributed by atoms with van der Waals surface area (Å²) in [7, 11) is 0. The third-order valence-corrected chi connectivity index (χ3v) is 2.21. The molecule has 0 radical (unpaired) electrons. The van der Waals surface area contributed by atoms with Crippen molar-refractivity contribution >= 4 is 22.6 Å². The Hall–Kier alpha value is -0.0600. The summed E-state index contributed by atoms with van der Waals surface area (Å²) in [4.78, 5) is 0. The van der Waals surface area contributed by atoms with Crippen LogP contribution in [0.2, 0.25) is 0 Å². The van der Waals surface area contributed by atoms with Crippen LogP contribution in [0.4, 0.5) is 4.39 Å². The quantitative estimate of drug-likeness (QED) is 0.642. The van der Waals surface area contributed by atoms with Gasteiger partial charge in [-0.3, -0.25) is 0 Å². The molecular weight excluding hydrogens is 232 g/mol. The van der Waals surface area contributed by atoms with Gasteiger partial charge in [-0.15, -0.1) is 0 Å². The monoisotopic (exact) mass is 239 g/mol. The minimum Gasteiger partial charge on any atom is -0.402 e. The largest absolute Gasteiger partial charge is 0.402 e. The van der Waals surface area contributed by atoms with Gasteiger partial charge in [0.25, 0.3) is 0 Å². The van der Waals surface area contributed by atoms with E-state index in [1.54, 1.807) is 12.2 Å². The molecule has 0 fully saturated rings. The van der Waals surface area contributed by atoms with Gasteiger partial charge in [-0.2, -0.15) is 0 Å². The normalized spacial score (nSPS) is 27.1. The van der Waals surface area contributed by atoms with E-state index in [9.17, 15) is 4.39 Å². The van der Waals surface area contributed by atoms with Crippen LogP contribution in [-0.4, -0.2) is 6.17 Å². The first kappa shape index (κ1) is 7.05. The highest BCUT2D eigenvalue weighted by atomic mass is 127. The molecular formula is C6H7FIN. The van der Waals surface area contributed by atoms with Crippen LogP contribution >= 0.6 is 22.6 Å². The summed E-state index contributed by atoms with van der Waals surface area (Å²) in [6.07, 6.45) is 2.95. The summed E-state index contributed by atoms with van der Waals surface area (Å²) in [5.41, 5.74) is 5.99. The number of hydrogen-bond acceptors (Lipinski definition) is 1. The Morgan fingerprint density at radius 1 is 1.67 bits per heavy atom. The number of halogens is 2. The van der Waals surface area contributed by atoms with Crippen LogP contribution in [0.15, 0.2) is 21.4 Å².